The molecule has 0 bridgehead atoms. The first kappa shape index (κ1) is 13.9. The van der Waals surface area contributed by atoms with Crippen LogP contribution in [0.1, 0.15) is 46.5 Å². The quantitative estimate of drug-likeness (QED) is 0.348. The van der Waals surface area contributed by atoms with Gasteiger partial charge in [0.05, 0.1) is 13.2 Å². The topological polar surface area (TPSA) is 18.5 Å². The zero-order valence-electron chi connectivity index (χ0n) is 9.51. The monoisotopic (exact) mass is 216 g/mol. The molecule has 0 fully saturated rings. The van der Waals surface area contributed by atoms with Crippen molar-refractivity contribution in [3.63, 3.8) is 0 Å². The Balaban J connectivity index is 3.59. The Hall–Kier alpha value is -0.0900. The van der Waals surface area contributed by atoms with Gasteiger partial charge in [0.15, 0.2) is 0 Å². The molecule has 3 heteroatoms. The van der Waals surface area contributed by atoms with E-state index in [1.165, 1.54) is 0 Å². The van der Waals surface area contributed by atoms with Crippen molar-refractivity contribution in [3.05, 3.63) is 0 Å². The van der Waals surface area contributed by atoms with Crippen LogP contribution in [0.25, 0.3) is 0 Å². The van der Waals surface area contributed by atoms with E-state index in [1.807, 2.05) is 6.92 Å². The lowest BCUT2D eigenvalue weighted by molar-refractivity contribution is 0.251. The van der Waals surface area contributed by atoms with Gasteiger partial charge in [-0.1, -0.05) is 32.6 Å². The minimum atomic E-state index is -0.945. The first-order valence-corrected chi connectivity index (χ1v) is 6.51. The van der Waals surface area contributed by atoms with Crippen LogP contribution in [0.5, 0.6) is 0 Å². The maximum atomic E-state index is 5.54. The molecule has 0 saturated carbocycles. The predicted molar refractivity (Wildman–Crippen MR) is 62.1 cm³/mol. The SMILES string of the molecule is CC#CP(OCCCC)OCCCC. The van der Waals surface area contributed by atoms with Gasteiger partial charge in [-0.2, -0.15) is 0 Å². The van der Waals surface area contributed by atoms with E-state index in [2.05, 4.69) is 25.4 Å². The fourth-order valence-corrected chi connectivity index (χ4v) is 1.75. The summed E-state index contributed by atoms with van der Waals surface area (Å²) in [6.45, 7) is 7.65. The highest BCUT2D eigenvalue weighted by molar-refractivity contribution is 7.52. The van der Waals surface area contributed by atoms with Crippen LogP contribution in [-0.4, -0.2) is 13.2 Å². The molecule has 0 aliphatic carbocycles. The second-order valence-electron chi connectivity index (χ2n) is 2.99. The smallest absolute Gasteiger partial charge is 0.256 e. The Bertz CT molecular complexity index is 162. The van der Waals surface area contributed by atoms with Crippen molar-refractivity contribution in [1.82, 2.24) is 0 Å². The molecular weight excluding hydrogens is 195 g/mol. The van der Waals surface area contributed by atoms with E-state index in [9.17, 15) is 0 Å². The Labute approximate surface area is 89.3 Å². The molecule has 0 aliphatic rings. The van der Waals surface area contributed by atoms with Crippen molar-refractivity contribution in [2.24, 2.45) is 0 Å². The van der Waals surface area contributed by atoms with E-state index in [4.69, 9.17) is 9.05 Å². The highest BCUT2D eigenvalue weighted by Crippen LogP contribution is 2.37. The van der Waals surface area contributed by atoms with Gasteiger partial charge < -0.3 is 9.05 Å². The summed E-state index contributed by atoms with van der Waals surface area (Å²) in [5.74, 6) is 2.85. The number of rotatable bonds is 8. The Kier molecular flexibility index (Phi) is 10.9. The molecule has 0 amide bonds. The van der Waals surface area contributed by atoms with Gasteiger partial charge in [0.1, 0.15) is 0 Å². The first-order valence-electron chi connectivity index (χ1n) is 5.33. The summed E-state index contributed by atoms with van der Waals surface area (Å²) in [7, 11) is -0.945. The van der Waals surface area contributed by atoms with Crippen LogP contribution >= 0.6 is 8.38 Å². The molecule has 0 aromatic rings. The molecule has 14 heavy (non-hydrogen) atoms. The second kappa shape index (κ2) is 11.0. The predicted octanol–water partition coefficient (Wildman–Crippen LogP) is 3.91. The minimum absolute atomic E-state index is 0.767. The van der Waals surface area contributed by atoms with E-state index in [0.717, 1.165) is 38.9 Å². The zero-order valence-corrected chi connectivity index (χ0v) is 10.4. The van der Waals surface area contributed by atoms with Crippen LogP contribution in [-0.2, 0) is 9.05 Å². The molecule has 0 unspecified atom stereocenters. The molecule has 0 atom stereocenters. The summed E-state index contributed by atoms with van der Waals surface area (Å²) in [5.41, 5.74) is 2.97. The first-order chi connectivity index (χ1) is 6.85. The molecule has 82 valence electrons. The molecule has 0 spiro atoms. The number of unbranched alkanes of at least 4 members (excludes halogenated alkanes) is 2. The molecule has 2 nitrogen and oxygen atoms in total. The Morgan fingerprint density at radius 3 is 1.86 bits per heavy atom. The van der Waals surface area contributed by atoms with Crippen LogP contribution in [0.2, 0.25) is 0 Å². The maximum Gasteiger partial charge on any atom is 0.256 e. The molecule has 0 aliphatic heterocycles. The Morgan fingerprint density at radius 1 is 1.00 bits per heavy atom. The summed E-state index contributed by atoms with van der Waals surface area (Å²) in [6, 6.07) is 0. The molecule has 0 aromatic heterocycles. The van der Waals surface area contributed by atoms with Gasteiger partial charge in [-0.05, 0) is 25.4 Å². The summed E-state index contributed by atoms with van der Waals surface area (Å²) in [5, 5.41) is 0. The lowest BCUT2D eigenvalue weighted by Gasteiger charge is -2.10. The van der Waals surface area contributed by atoms with Crippen LogP contribution in [0.15, 0.2) is 0 Å². The molecular formula is C11H21O2P. The summed E-state index contributed by atoms with van der Waals surface area (Å²) < 4.78 is 11.1. The van der Waals surface area contributed by atoms with Gasteiger partial charge in [-0.15, -0.1) is 0 Å². The van der Waals surface area contributed by atoms with Crippen molar-refractivity contribution in [3.8, 4) is 11.6 Å². The van der Waals surface area contributed by atoms with Crippen molar-refractivity contribution >= 4 is 8.38 Å². The molecule has 0 radical (unpaired) electrons. The van der Waals surface area contributed by atoms with Crippen LogP contribution in [0.3, 0.4) is 0 Å². The van der Waals surface area contributed by atoms with Gasteiger partial charge in [-0.25, -0.2) is 0 Å². The van der Waals surface area contributed by atoms with Crippen LogP contribution in [0, 0.1) is 11.6 Å². The minimum Gasteiger partial charge on any atom is -0.325 e. The summed E-state index contributed by atoms with van der Waals surface area (Å²) >= 11 is 0. The second-order valence-corrected chi connectivity index (χ2v) is 4.25. The summed E-state index contributed by atoms with van der Waals surface area (Å²) in [4.78, 5) is 0. The molecule has 0 heterocycles. The zero-order chi connectivity index (χ0) is 10.6. The highest BCUT2D eigenvalue weighted by atomic mass is 31.2. The van der Waals surface area contributed by atoms with Crippen LogP contribution in [0.4, 0.5) is 0 Å². The highest BCUT2D eigenvalue weighted by Gasteiger charge is 2.05. The van der Waals surface area contributed by atoms with Crippen LogP contribution < -0.4 is 0 Å². The third-order valence-electron chi connectivity index (χ3n) is 1.62. The molecule has 0 N–H and O–H groups in total. The number of hydrogen-bond donors (Lipinski definition) is 0. The van der Waals surface area contributed by atoms with Gasteiger partial charge in [-0.3, -0.25) is 0 Å². The lowest BCUT2D eigenvalue weighted by Crippen LogP contribution is -1.93. The summed E-state index contributed by atoms with van der Waals surface area (Å²) in [6.07, 6.45) is 4.47. The standard InChI is InChI=1S/C11H21O2P/c1-4-7-9-12-14(11-6-3)13-10-8-5-2/h4-5,7-10H2,1-3H3. The van der Waals surface area contributed by atoms with E-state index in [1.54, 1.807) is 0 Å². The largest absolute Gasteiger partial charge is 0.325 e. The number of hydrogen-bond acceptors (Lipinski definition) is 2. The fraction of sp³-hybridized carbons (Fsp3) is 0.818. The maximum absolute atomic E-state index is 5.54. The third kappa shape index (κ3) is 8.51. The van der Waals surface area contributed by atoms with E-state index >= 15 is 0 Å². The van der Waals surface area contributed by atoms with Crippen molar-refractivity contribution in [2.45, 2.75) is 46.5 Å². The van der Waals surface area contributed by atoms with E-state index in [0.29, 0.717) is 0 Å². The molecule has 0 rings (SSSR count). The fourth-order valence-electron chi connectivity index (χ4n) is 0.777. The van der Waals surface area contributed by atoms with E-state index < -0.39 is 8.38 Å². The van der Waals surface area contributed by atoms with Crippen molar-refractivity contribution in [1.29, 1.82) is 0 Å². The average molecular weight is 216 g/mol. The molecule has 0 aromatic carbocycles. The normalized spacial score (nSPS) is 10.0. The lowest BCUT2D eigenvalue weighted by atomic mass is 10.4. The third-order valence-corrected chi connectivity index (χ3v) is 2.86. The molecule has 0 saturated heterocycles. The van der Waals surface area contributed by atoms with Gasteiger partial charge in [0, 0.05) is 0 Å². The Morgan fingerprint density at radius 2 is 1.50 bits per heavy atom. The van der Waals surface area contributed by atoms with Gasteiger partial charge >= 0.3 is 0 Å². The van der Waals surface area contributed by atoms with Gasteiger partial charge in [0.25, 0.3) is 8.38 Å². The van der Waals surface area contributed by atoms with Crippen molar-refractivity contribution < 1.29 is 9.05 Å². The average Bonchev–Trinajstić information content (AvgIpc) is 2.18. The van der Waals surface area contributed by atoms with E-state index in [-0.39, 0.29) is 0 Å². The van der Waals surface area contributed by atoms with Crippen molar-refractivity contribution in [2.75, 3.05) is 13.2 Å². The van der Waals surface area contributed by atoms with Gasteiger partial charge in [0.2, 0.25) is 0 Å².